The van der Waals surface area contributed by atoms with Gasteiger partial charge in [-0.2, -0.15) is 0 Å². The Morgan fingerprint density at radius 2 is 2.17 bits per heavy atom. The maximum absolute atomic E-state index is 5.22. The van der Waals surface area contributed by atoms with Crippen LogP contribution in [0, 0.1) is 0 Å². The number of benzene rings is 1. The minimum atomic E-state index is 0. The maximum Gasteiger partial charge on any atom is 0.123 e. The topological polar surface area (TPSA) is 21.3 Å². The summed E-state index contributed by atoms with van der Waals surface area (Å²) in [5, 5.41) is 3.28. The van der Waals surface area contributed by atoms with E-state index in [1.807, 2.05) is 12.1 Å². The van der Waals surface area contributed by atoms with Crippen LogP contribution in [0.5, 0.6) is 5.75 Å². The second kappa shape index (κ2) is 3.78. The molecular formula is C9H12ClNO. The number of hydrogen-bond donors (Lipinski definition) is 1. The zero-order valence-electron chi connectivity index (χ0n) is 6.96. The summed E-state index contributed by atoms with van der Waals surface area (Å²) in [4.78, 5) is 0. The standard InChI is InChI=1S/C9H11NO.ClH/c1-11-9-4-2-3-7-5-10-6-8(7)9;/h2-4,10H,5-6H2,1H3;1H. The second-order valence-electron chi connectivity index (χ2n) is 2.70. The van der Waals surface area contributed by atoms with Crippen LogP contribution in [0.4, 0.5) is 0 Å². The summed E-state index contributed by atoms with van der Waals surface area (Å²) in [6, 6.07) is 6.17. The van der Waals surface area contributed by atoms with Crippen LogP contribution < -0.4 is 10.1 Å². The normalized spacial score (nSPS) is 13.4. The largest absolute Gasteiger partial charge is 0.496 e. The SMILES string of the molecule is COc1cccc2c1CNC2.Cl. The first-order valence-corrected chi connectivity index (χ1v) is 3.77. The van der Waals surface area contributed by atoms with Crippen molar-refractivity contribution in [1.82, 2.24) is 5.32 Å². The molecule has 0 bridgehead atoms. The summed E-state index contributed by atoms with van der Waals surface area (Å²) >= 11 is 0. The lowest BCUT2D eigenvalue weighted by Crippen LogP contribution is -2.00. The highest BCUT2D eigenvalue weighted by Crippen LogP contribution is 2.25. The predicted molar refractivity (Wildman–Crippen MR) is 50.8 cm³/mol. The summed E-state index contributed by atoms with van der Waals surface area (Å²) in [6.45, 7) is 1.92. The predicted octanol–water partition coefficient (Wildman–Crippen LogP) is 1.72. The third kappa shape index (κ3) is 1.40. The first-order chi connectivity index (χ1) is 5.42. The molecule has 0 atom stereocenters. The number of nitrogens with one attached hydrogen (secondary N) is 1. The molecule has 1 aliphatic rings. The Morgan fingerprint density at radius 3 is 2.92 bits per heavy atom. The number of ether oxygens (including phenoxy) is 1. The van der Waals surface area contributed by atoms with Crippen LogP contribution in [0.3, 0.4) is 0 Å². The molecule has 0 saturated carbocycles. The molecular weight excluding hydrogens is 174 g/mol. The summed E-state index contributed by atoms with van der Waals surface area (Å²) in [7, 11) is 1.72. The van der Waals surface area contributed by atoms with Gasteiger partial charge in [0.2, 0.25) is 0 Å². The molecule has 2 nitrogen and oxygen atoms in total. The summed E-state index contributed by atoms with van der Waals surface area (Å²) < 4.78 is 5.22. The first kappa shape index (κ1) is 9.36. The van der Waals surface area contributed by atoms with Gasteiger partial charge in [0, 0.05) is 18.7 Å². The average Bonchev–Trinajstić information content (AvgIpc) is 2.50. The van der Waals surface area contributed by atoms with Gasteiger partial charge >= 0.3 is 0 Å². The lowest BCUT2D eigenvalue weighted by atomic mass is 10.1. The van der Waals surface area contributed by atoms with E-state index >= 15 is 0 Å². The number of methoxy groups -OCH3 is 1. The molecule has 2 rings (SSSR count). The lowest BCUT2D eigenvalue weighted by molar-refractivity contribution is 0.410. The molecule has 0 aliphatic carbocycles. The van der Waals surface area contributed by atoms with Crippen LogP contribution in [0.2, 0.25) is 0 Å². The van der Waals surface area contributed by atoms with Crippen LogP contribution in [0.1, 0.15) is 11.1 Å². The van der Waals surface area contributed by atoms with E-state index in [2.05, 4.69) is 11.4 Å². The van der Waals surface area contributed by atoms with E-state index in [1.165, 1.54) is 11.1 Å². The number of rotatable bonds is 1. The van der Waals surface area contributed by atoms with E-state index in [4.69, 9.17) is 4.74 Å². The smallest absolute Gasteiger partial charge is 0.123 e. The van der Waals surface area contributed by atoms with Crippen LogP contribution >= 0.6 is 12.4 Å². The van der Waals surface area contributed by atoms with Gasteiger partial charge in [-0.05, 0) is 11.6 Å². The Bertz CT molecular complexity index is 275. The monoisotopic (exact) mass is 185 g/mol. The van der Waals surface area contributed by atoms with Crippen molar-refractivity contribution in [2.45, 2.75) is 13.1 Å². The molecule has 1 N–H and O–H groups in total. The van der Waals surface area contributed by atoms with Gasteiger partial charge in [-0.25, -0.2) is 0 Å². The fourth-order valence-corrected chi connectivity index (χ4v) is 1.49. The molecule has 0 aromatic heterocycles. The Morgan fingerprint density at radius 1 is 1.33 bits per heavy atom. The third-order valence-electron chi connectivity index (χ3n) is 2.07. The Kier molecular flexibility index (Phi) is 2.95. The summed E-state index contributed by atoms with van der Waals surface area (Å²) in [6.07, 6.45) is 0. The zero-order chi connectivity index (χ0) is 7.68. The third-order valence-corrected chi connectivity index (χ3v) is 2.07. The minimum Gasteiger partial charge on any atom is -0.496 e. The highest BCUT2D eigenvalue weighted by atomic mass is 35.5. The van der Waals surface area contributed by atoms with Crippen LogP contribution in [0.15, 0.2) is 18.2 Å². The molecule has 1 aromatic carbocycles. The van der Waals surface area contributed by atoms with Gasteiger partial charge in [-0.1, -0.05) is 12.1 Å². The van der Waals surface area contributed by atoms with Crippen molar-refractivity contribution in [2.24, 2.45) is 0 Å². The van der Waals surface area contributed by atoms with Gasteiger partial charge < -0.3 is 10.1 Å². The quantitative estimate of drug-likeness (QED) is 0.720. The Hall–Kier alpha value is -0.730. The summed E-state index contributed by atoms with van der Waals surface area (Å²) in [5.41, 5.74) is 2.68. The van der Waals surface area contributed by atoms with E-state index in [0.717, 1.165) is 18.8 Å². The van der Waals surface area contributed by atoms with Crippen LogP contribution in [-0.2, 0) is 13.1 Å². The molecule has 1 aliphatic heterocycles. The van der Waals surface area contributed by atoms with Crippen LogP contribution in [0.25, 0.3) is 0 Å². The number of halogens is 1. The molecule has 3 heteroatoms. The van der Waals surface area contributed by atoms with E-state index in [0.29, 0.717) is 0 Å². The van der Waals surface area contributed by atoms with Crippen molar-refractivity contribution < 1.29 is 4.74 Å². The molecule has 0 radical (unpaired) electrons. The fourth-order valence-electron chi connectivity index (χ4n) is 1.49. The molecule has 66 valence electrons. The van der Waals surface area contributed by atoms with Gasteiger partial charge in [0.15, 0.2) is 0 Å². The second-order valence-corrected chi connectivity index (χ2v) is 2.70. The van der Waals surface area contributed by atoms with Gasteiger partial charge in [-0.15, -0.1) is 12.4 Å². The van der Waals surface area contributed by atoms with Crippen molar-refractivity contribution in [3.63, 3.8) is 0 Å². The molecule has 0 saturated heterocycles. The van der Waals surface area contributed by atoms with E-state index in [-0.39, 0.29) is 12.4 Å². The molecule has 0 amide bonds. The Labute approximate surface area is 78.3 Å². The molecule has 1 heterocycles. The summed E-state index contributed by atoms with van der Waals surface area (Å²) in [5.74, 6) is 1.01. The number of hydrogen-bond acceptors (Lipinski definition) is 2. The first-order valence-electron chi connectivity index (χ1n) is 3.77. The fraction of sp³-hybridized carbons (Fsp3) is 0.333. The molecule has 0 spiro atoms. The van der Waals surface area contributed by atoms with E-state index in [9.17, 15) is 0 Å². The van der Waals surface area contributed by atoms with Crippen LogP contribution in [-0.4, -0.2) is 7.11 Å². The molecule has 0 unspecified atom stereocenters. The van der Waals surface area contributed by atoms with E-state index < -0.39 is 0 Å². The molecule has 12 heavy (non-hydrogen) atoms. The zero-order valence-corrected chi connectivity index (χ0v) is 7.78. The van der Waals surface area contributed by atoms with Gasteiger partial charge in [-0.3, -0.25) is 0 Å². The van der Waals surface area contributed by atoms with Crippen molar-refractivity contribution in [3.8, 4) is 5.75 Å². The molecule has 1 aromatic rings. The van der Waals surface area contributed by atoms with Crippen molar-refractivity contribution >= 4 is 12.4 Å². The Balaban J connectivity index is 0.000000720. The van der Waals surface area contributed by atoms with E-state index in [1.54, 1.807) is 7.11 Å². The number of fused-ring (bicyclic) bond motifs is 1. The lowest BCUT2D eigenvalue weighted by Gasteiger charge is -2.04. The highest BCUT2D eigenvalue weighted by Gasteiger charge is 2.13. The highest BCUT2D eigenvalue weighted by molar-refractivity contribution is 5.85. The van der Waals surface area contributed by atoms with Crippen molar-refractivity contribution in [3.05, 3.63) is 29.3 Å². The van der Waals surface area contributed by atoms with Crippen molar-refractivity contribution in [1.29, 1.82) is 0 Å². The maximum atomic E-state index is 5.22. The minimum absolute atomic E-state index is 0. The van der Waals surface area contributed by atoms with Gasteiger partial charge in [0.05, 0.1) is 7.11 Å². The molecule has 0 fully saturated rings. The average molecular weight is 186 g/mol. The van der Waals surface area contributed by atoms with Gasteiger partial charge in [0.1, 0.15) is 5.75 Å². The van der Waals surface area contributed by atoms with Gasteiger partial charge in [0.25, 0.3) is 0 Å². The van der Waals surface area contributed by atoms with Crippen molar-refractivity contribution in [2.75, 3.05) is 7.11 Å².